The molecular formula is C17H16N4O3S2. The van der Waals surface area contributed by atoms with E-state index in [0.717, 1.165) is 31.2 Å². The number of nitrogens with zero attached hydrogens (tertiary/aromatic N) is 3. The minimum absolute atomic E-state index is 0.0774. The number of aryl methyl sites for hydroxylation is 1. The number of hydrogen-bond acceptors (Lipinski definition) is 6. The molecule has 0 bridgehead atoms. The van der Waals surface area contributed by atoms with Gasteiger partial charge in [0, 0.05) is 17.6 Å². The van der Waals surface area contributed by atoms with Crippen molar-refractivity contribution in [1.82, 2.24) is 4.90 Å². The molecule has 0 fully saturated rings. The molecule has 7 nitrogen and oxygen atoms in total. The van der Waals surface area contributed by atoms with Crippen molar-refractivity contribution >= 4 is 38.1 Å². The zero-order valence-corrected chi connectivity index (χ0v) is 15.5. The Balaban J connectivity index is 1.57. The van der Waals surface area contributed by atoms with Gasteiger partial charge in [-0.3, -0.25) is 4.79 Å². The van der Waals surface area contributed by atoms with Crippen LogP contribution in [0.3, 0.4) is 0 Å². The van der Waals surface area contributed by atoms with Crippen LogP contribution in [0.4, 0.5) is 5.00 Å². The van der Waals surface area contributed by atoms with E-state index in [0.29, 0.717) is 22.0 Å². The normalized spacial score (nSPS) is 20.3. The van der Waals surface area contributed by atoms with Gasteiger partial charge in [-0.15, -0.1) is 15.7 Å². The van der Waals surface area contributed by atoms with Crippen LogP contribution in [0.1, 0.15) is 28.8 Å². The molecule has 0 radical (unpaired) electrons. The molecule has 0 aromatic carbocycles. The standard InChI is InChI=1S/C17H16N4O3S2/c18-9-13-12-3-1-2-4-14(12)25-17(13)19-16(22)11-5-6-15-20-26(23,24)8-7-21(15)10-11/h5-6,10H,1-4,7-8H2,(H,19,22). The zero-order valence-electron chi connectivity index (χ0n) is 13.9. The van der Waals surface area contributed by atoms with E-state index in [2.05, 4.69) is 15.8 Å². The molecule has 2 aliphatic heterocycles. The third-order valence-corrected chi connectivity index (χ3v) is 6.97. The fourth-order valence-electron chi connectivity index (χ4n) is 3.28. The molecule has 3 heterocycles. The summed E-state index contributed by atoms with van der Waals surface area (Å²) in [4.78, 5) is 15.5. The molecule has 0 unspecified atom stereocenters. The van der Waals surface area contributed by atoms with Gasteiger partial charge in [-0.1, -0.05) is 0 Å². The van der Waals surface area contributed by atoms with E-state index in [1.165, 1.54) is 22.3 Å². The number of amides is 1. The SMILES string of the molecule is N#Cc1c(NC(=O)C2=CN3CCS(=O)(=O)N=C3C=C2)sc2c1CCCC2. The molecule has 1 aliphatic carbocycles. The van der Waals surface area contributed by atoms with Crippen molar-refractivity contribution in [1.29, 1.82) is 5.26 Å². The van der Waals surface area contributed by atoms with Crippen LogP contribution in [-0.4, -0.2) is 37.4 Å². The number of carbonyl (C=O) groups is 1. The number of thiophene rings is 1. The maximum atomic E-state index is 12.6. The number of nitrogens with one attached hydrogen (secondary N) is 1. The summed E-state index contributed by atoms with van der Waals surface area (Å²) in [6, 6.07) is 2.23. The van der Waals surface area contributed by atoms with Gasteiger partial charge in [0.25, 0.3) is 15.9 Å². The molecule has 9 heteroatoms. The van der Waals surface area contributed by atoms with Crippen LogP contribution < -0.4 is 5.32 Å². The second-order valence-electron chi connectivity index (χ2n) is 6.33. The number of carbonyl (C=O) groups excluding carboxylic acids is 1. The summed E-state index contributed by atoms with van der Waals surface area (Å²) in [5.74, 6) is -0.0766. The van der Waals surface area contributed by atoms with Crippen LogP contribution in [0.2, 0.25) is 0 Å². The number of hydrogen-bond donors (Lipinski definition) is 1. The number of anilines is 1. The lowest BCUT2D eigenvalue weighted by molar-refractivity contribution is -0.112. The molecule has 1 amide bonds. The predicted octanol–water partition coefficient (Wildman–Crippen LogP) is 1.93. The Bertz CT molecular complexity index is 1030. The quantitative estimate of drug-likeness (QED) is 0.834. The van der Waals surface area contributed by atoms with Gasteiger partial charge < -0.3 is 10.2 Å². The van der Waals surface area contributed by atoms with Gasteiger partial charge in [0.15, 0.2) is 0 Å². The monoisotopic (exact) mass is 388 g/mol. The number of amidine groups is 1. The Kier molecular flexibility index (Phi) is 4.17. The van der Waals surface area contributed by atoms with Gasteiger partial charge in [-0.05, 0) is 43.4 Å². The van der Waals surface area contributed by atoms with Crippen LogP contribution in [0.25, 0.3) is 0 Å². The van der Waals surface area contributed by atoms with Crippen LogP contribution in [0.5, 0.6) is 0 Å². The number of fused-ring (bicyclic) bond motifs is 2. The molecule has 1 aromatic rings. The highest BCUT2D eigenvalue weighted by Gasteiger charge is 2.26. The maximum absolute atomic E-state index is 12.6. The summed E-state index contributed by atoms with van der Waals surface area (Å²) in [6.45, 7) is 0.263. The van der Waals surface area contributed by atoms with Gasteiger partial charge in [0.2, 0.25) is 0 Å². The highest BCUT2D eigenvalue weighted by Crippen LogP contribution is 2.37. The lowest BCUT2D eigenvalue weighted by Crippen LogP contribution is -2.37. The molecule has 0 spiro atoms. The first-order chi connectivity index (χ1) is 12.5. The first kappa shape index (κ1) is 17.0. The van der Waals surface area contributed by atoms with Gasteiger partial charge in [-0.25, -0.2) is 8.42 Å². The fourth-order valence-corrected chi connectivity index (χ4v) is 5.49. The average Bonchev–Trinajstić information content (AvgIpc) is 2.97. The highest BCUT2D eigenvalue weighted by atomic mass is 32.2. The van der Waals surface area contributed by atoms with Crippen molar-refractivity contribution in [3.05, 3.63) is 39.9 Å². The molecule has 0 saturated heterocycles. The smallest absolute Gasteiger partial charge is 0.257 e. The van der Waals surface area contributed by atoms with Crippen molar-refractivity contribution in [2.45, 2.75) is 25.7 Å². The molecule has 1 aromatic heterocycles. The third-order valence-electron chi connectivity index (χ3n) is 4.60. The van der Waals surface area contributed by atoms with Crippen molar-refractivity contribution in [3.63, 3.8) is 0 Å². The third kappa shape index (κ3) is 3.06. The van der Waals surface area contributed by atoms with E-state index in [4.69, 9.17) is 0 Å². The lowest BCUT2D eigenvalue weighted by Gasteiger charge is -2.26. The number of sulfonamides is 1. The van der Waals surface area contributed by atoms with Gasteiger partial charge >= 0.3 is 0 Å². The number of nitriles is 1. The second kappa shape index (κ2) is 6.37. The first-order valence-electron chi connectivity index (χ1n) is 8.32. The molecular weight excluding hydrogens is 372 g/mol. The van der Waals surface area contributed by atoms with Crippen LogP contribution in [-0.2, 0) is 27.7 Å². The van der Waals surface area contributed by atoms with E-state index in [1.54, 1.807) is 17.2 Å². The minimum Gasteiger partial charge on any atom is -0.330 e. The molecule has 3 aliphatic rings. The minimum atomic E-state index is -3.42. The van der Waals surface area contributed by atoms with Crippen molar-refractivity contribution in [3.8, 4) is 6.07 Å². The summed E-state index contributed by atoms with van der Waals surface area (Å²) < 4.78 is 26.8. The highest BCUT2D eigenvalue weighted by molar-refractivity contribution is 7.90. The van der Waals surface area contributed by atoms with E-state index in [9.17, 15) is 18.5 Å². The Morgan fingerprint density at radius 3 is 2.92 bits per heavy atom. The van der Waals surface area contributed by atoms with Gasteiger partial charge in [0.1, 0.15) is 16.9 Å². The van der Waals surface area contributed by atoms with Crippen molar-refractivity contribution in [2.75, 3.05) is 17.6 Å². The molecule has 26 heavy (non-hydrogen) atoms. The molecule has 0 saturated carbocycles. The van der Waals surface area contributed by atoms with Gasteiger partial charge in [0.05, 0.1) is 16.9 Å². The van der Waals surface area contributed by atoms with Crippen LogP contribution in [0.15, 0.2) is 28.3 Å². The summed E-state index contributed by atoms with van der Waals surface area (Å²) >= 11 is 1.48. The lowest BCUT2D eigenvalue weighted by atomic mass is 9.96. The summed E-state index contributed by atoms with van der Waals surface area (Å²) in [6.07, 6.45) is 8.69. The van der Waals surface area contributed by atoms with E-state index in [-0.39, 0.29) is 18.2 Å². The van der Waals surface area contributed by atoms with Gasteiger partial charge in [-0.2, -0.15) is 5.26 Å². The van der Waals surface area contributed by atoms with E-state index < -0.39 is 10.0 Å². The fraction of sp³-hybridized carbons (Fsp3) is 0.353. The van der Waals surface area contributed by atoms with E-state index >= 15 is 0 Å². The summed E-state index contributed by atoms with van der Waals surface area (Å²) in [7, 11) is -3.42. The summed E-state index contributed by atoms with van der Waals surface area (Å²) in [5.41, 5.74) is 2.05. The Morgan fingerprint density at radius 1 is 1.31 bits per heavy atom. The molecule has 0 atom stereocenters. The maximum Gasteiger partial charge on any atom is 0.257 e. The van der Waals surface area contributed by atoms with Crippen LogP contribution >= 0.6 is 11.3 Å². The summed E-state index contributed by atoms with van der Waals surface area (Å²) in [5, 5.41) is 12.9. The Labute approximate surface area is 155 Å². The Hall–Kier alpha value is -2.44. The molecule has 4 rings (SSSR count). The van der Waals surface area contributed by atoms with Crippen molar-refractivity contribution < 1.29 is 13.2 Å². The molecule has 134 valence electrons. The van der Waals surface area contributed by atoms with E-state index in [1.807, 2.05) is 0 Å². The number of rotatable bonds is 2. The predicted molar refractivity (Wildman–Crippen MR) is 99.5 cm³/mol. The zero-order chi connectivity index (χ0) is 18.3. The topological polar surface area (TPSA) is 103 Å². The van der Waals surface area contributed by atoms with Crippen LogP contribution in [0, 0.1) is 11.3 Å². The molecule has 1 N–H and O–H groups in total. The largest absolute Gasteiger partial charge is 0.330 e. The average molecular weight is 388 g/mol. The first-order valence-corrected chi connectivity index (χ1v) is 10.7. The second-order valence-corrected chi connectivity index (χ2v) is 9.19. The Morgan fingerprint density at radius 2 is 2.12 bits per heavy atom. The van der Waals surface area contributed by atoms with Crippen molar-refractivity contribution in [2.24, 2.45) is 4.40 Å².